The molecule has 42 heavy (non-hydrogen) atoms. The van der Waals surface area contributed by atoms with Crippen molar-refractivity contribution < 1.29 is 23.7 Å². The summed E-state index contributed by atoms with van der Waals surface area (Å²) in [4.78, 5) is 16.4. The zero-order valence-corrected chi connectivity index (χ0v) is 26.6. The fraction of sp³-hybridized carbons (Fsp3) is 0.528. The molecule has 0 amide bonds. The first-order valence-electron chi connectivity index (χ1n) is 15.7. The van der Waals surface area contributed by atoms with E-state index >= 15 is 0 Å². The molecule has 6 heteroatoms. The van der Waals surface area contributed by atoms with Gasteiger partial charge in [0.1, 0.15) is 0 Å². The maximum atomic E-state index is 14.0. The van der Waals surface area contributed by atoms with Crippen LogP contribution in [-0.2, 0) is 4.79 Å². The SMILES string of the molecule is CCOc1cc(/C=C2/C(=O)/C(=C/c3ccc(OCCC(C)C)c(OCC)c3)C3CCC2N3C)ccc1OCCC(C)C. The third-order valence-corrected chi connectivity index (χ3v) is 8.02. The minimum atomic E-state index is 0.105. The van der Waals surface area contributed by atoms with E-state index in [0.717, 1.165) is 59.5 Å². The number of likely N-dealkylation sites (N-methyl/N-ethyl adjacent to an activating group) is 1. The molecule has 0 N–H and O–H groups in total. The first kappa shape index (κ1) is 31.7. The predicted octanol–water partition coefficient (Wildman–Crippen LogP) is 7.85. The van der Waals surface area contributed by atoms with Crippen LogP contribution in [-0.4, -0.2) is 56.2 Å². The fourth-order valence-electron chi connectivity index (χ4n) is 5.66. The summed E-state index contributed by atoms with van der Waals surface area (Å²) in [5, 5.41) is 0. The number of benzene rings is 2. The first-order valence-corrected chi connectivity index (χ1v) is 15.7. The molecule has 2 bridgehead atoms. The second-order valence-electron chi connectivity index (χ2n) is 12.1. The number of carbonyl (C=O) groups excluding carboxylic acids is 1. The van der Waals surface area contributed by atoms with Crippen molar-refractivity contribution in [2.24, 2.45) is 11.8 Å². The van der Waals surface area contributed by atoms with Crippen LogP contribution in [0.3, 0.4) is 0 Å². The second-order valence-corrected chi connectivity index (χ2v) is 12.1. The number of hydrogen-bond acceptors (Lipinski definition) is 6. The van der Waals surface area contributed by atoms with Crippen LogP contribution in [0.5, 0.6) is 23.0 Å². The third kappa shape index (κ3) is 7.77. The van der Waals surface area contributed by atoms with Gasteiger partial charge in [-0.3, -0.25) is 9.69 Å². The first-order chi connectivity index (χ1) is 20.2. The van der Waals surface area contributed by atoms with Crippen molar-refractivity contribution in [1.82, 2.24) is 4.90 Å². The lowest BCUT2D eigenvalue weighted by atomic mass is 9.88. The van der Waals surface area contributed by atoms with E-state index in [1.807, 2.05) is 62.4 Å². The molecule has 228 valence electrons. The zero-order valence-electron chi connectivity index (χ0n) is 26.6. The summed E-state index contributed by atoms with van der Waals surface area (Å²) in [5.41, 5.74) is 3.54. The number of carbonyl (C=O) groups is 1. The molecule has 4 rings (SSSR count). The lowest BCUT2D eigenvalue weighted by Crippen LogP contribution is -2.43. The molecule has 2 aliphatic rings. The molecule has 0 saturated carbocycles. The van der Waals surface area contributed by atoms with Crippen molar-refractivity contribution in [2.75, 3.05) is 33.5 Å². The van der Waals surface area contributed by atoms with Gasteiger partial charge in [-0.05, 0) is 106 Å². The van der Waals surface area contributed by atoms with Gasteiger partial charge in [0.2, 0.25) is 0 Å². The van der Waals surface area contributed by atoms with Crippen LogP contribution in [0.1, 0.15) is 78.4 Å². The zero-order chi connectivity index (χ0) is 30.2. The fourth-order valence-corrected chi connectivity index (χ4v) is 5.66. The summed E-state index contributed by atoms with van der Waals surface area (Å²) in [6.45, 7) is 15.1. The van der Waals surface area contributed by atoms with Crippen LogP contribution in [0, 0.1) is 11.8 Å². The molecular formula is C36H49NO5. The highest BCUT2D eigenvalue weighted by atomic mass is 16.5. The molecule has 0 aliphatic carbocycles. The summed E-state index contributed by atoms with van der Waals surface area (Å²) in [7, 11) is 2.13. The van der Waals surface area contributed by atoms with E-state index in [4.69, 9.17) is 18.9 Å². The maximum absolute atomic E-state index is 14.0. The Morgan fingerprint density at radius 3 is 1.52 bits per heavy atom. The number of ether oxygens (including phenoxy) is 4. The average molecular weight is 576 g/mol. The van der Waals surface area contributed by atoms with Crippen LogP contribution in [0.4, 0.5) is 0 Å². The standard InChI is InChI=1S/C36H49NO5/c1-8-39-34-22-26(10-14-32(34)41-18-16-24(3)4)20-28-30-12-13-31(37(30)7)29(36(28)38)21-27-11-15-33(35(23-27)40-9-2)42-19-17-25(5)6/h10-11,14-15,20-25,30-31H,8-9,12-13,16-19H2,1-7H3/b28-20+,29-21+. The molecular weight excluding hydrogens is 526 g/mol. The van der Waals surface area contributed by atoms with E-state index in [1.54, 1.807) is 0 Å². The Morgan fingerprint density at radius 1 is 0.714 bits per heavy atom. The Balaban J connectivity index is 1.62. The summed E-state index contributed by atoms with van der Waals surface area (Å²) in [6, 6.07) is 12.2. The van der Waals surface area contributed by atoms with Crippen LogP contribution in [0.25, 0.3) is 12.2 Å². The normalized spacial score (nSPS) is 20.6. The molecule has 2 heterocycles. The maximum Gasteiger partial charge on any atom is 0.188 e. The van der Waals surface area contributed by atoms with E-state index in [1.165, 1.54) is 0 Å². The molecule has 0 radical (unpaired) electrons. The molecule has 2 aliphatic heterocycles. The molecule has 2 saturated heterocycles. The van der Waals surface area contributed by atoms with Crippen molar-refractivity contribution in [3.63, 3.8) is 0 Å². The molecule has 0 aromatic heterocycles. The van der Waals surface area contributed by atoms with Gasteiger partial charge in [0.25, 0.3) is 0 Å². The number of piperidine rings is 1. The van der Waals surface area contributed by atoms with Gasteiger partial charge >= 0.3 is 0 Å². The van der Waals surface area contributed by atoms with Gasteiger partial charge in [-0.2, -0.15) is 0 Å². The Morgan fingerprint density at radius 2 is 1.14 bits per heavy atom. The van der Waals surface area contributed by atoms with E-state index < -0.39 is 0 Å². The number of nitrogens with zero attached hydrogens (tertiary/aromatic N) is 1. The van der Waals surface area contributed by atoms with Gasteiger partial charge < -0.3 is 18.9 Å². The van der Waals surface area contributed by atoms with Gasteiger partial charge in [-0.1, -0.05) is 39.8 Å². The number of Topliss-reactive ketones (excluding diaryl/α,β-unsaturated/α-hetero) is 1. The van der Waals surface area contributed by atoms with Crippen molar-refractivity contribution >= 4 is 17.9 Å². The third-order valence-electron chi connectivity index (χ3n) is 8.02. The lowest BCUT2D eigenvalue weighted by molar-refractivity contribution is -0.114. The van der Waals surface area contributed by atoms with Crippen molar-refractivity contribution in [1.29, 1.82) is 0 Å². The van der Waals surface area contributed by atoms with E-state index in [0.29, 0.717) is 49.8 Å². The van der Waals surface area contributed by atoms with Crippen molar-refractivity contribution in [3.05, 3.63) is 58.7 Å². The monoisotopic (exact) mass is 575 g/mol. The second kappa shape index (κ2) is 14.8. The molecule has 6 nitrogen and oxygen atoms in total. The number of fused-ring (bicyclic) bond motifs is 2. The smallest absolute Gasteiger partial charge is 0.188 e. The van der Waals surface area contributed by atoms with Gasteiger partial charge in [0.05, 0.1) is 26.4 Å². The summed E-state index contributed by atoms with van der Waals surface area (Å²) < 4.78 is 23.9. The van der Waals surface area contributed by atoms with Gasteiger partial charge in [0, 0.05) is 23.2 Å². The van der Waals surface area contributed by atoms with Gasteiger partial charge in [-0.15, -0.1) is 0 Å². The number of rotatable bonds is 14. The summed E-state index contributed by atoms with van der Waals surface area (Å²) in [6.07, 6.45) is 7.95. The van der Waals surface area contributed by atoms with Gasteiger partial charge in [-0.25, -0.2) is 0 Å². The van der Waals surface area contributed by atoms with Crippen LogP contribution in [0.2, 0.25) is 0 Å². The van der Waals surface area contributed by atoms with Crippen molar-refractivity contribution in [3.8, 4) is 23.0 Å². The minimum Gasteiger partial charge on any atom is -0.490 e. The topological polar surface area (TPSA) is 57.2 Å². The Hall–Kier alpha value is -3.25. The average Bonchev–Trinajstić information content (AvgIpc) is 3.26. The highest BCUT2D eigenvalue weighted by Gasteiger charge is 2.44. The number of ketones is 1. The Labute approximate surface area is 252 Å². The Bertz CT molecular complexity index is 1180. The molecule has 2 unspecified atom stereocenters. The molecule has 0 spiro atoms. The quantitative estimate of drug-likeness (QED) is 0.214. The van der Waals surface area contributed by atoms with Crippen LogP contribution >= 0.6 is 0 Å². The molecule has 2 atom stereocenters. The van der Waals surface area contributed by atoms with Crippen LogP contribution < -0.4 is 18.9 Å². The van der Waals surface area contributed by atoms with E-state index in [-0.39, 0.29) is 17.9 Å². The van der Waals surface area contributed by atoms with E-state index in [2.05, 4.69) is 39.6 Å². The lowest BCUT2D eigenvalue weighted by Gasteiger charge is -2.34. The predicted molar refractivity (Wildman–Crippen MR) is 171 cm³/mol. The largest absolute Gasteiger partial charge is 0.490 e. The molecule has 2 aromatic rings. The number of hydrogen-bond donors (Lipinski definition) is 0. The highest BCUT2D eigenvalue weighted by Crippen LogP contribution is 2.41. The van der Waals surface area contributed by atoms with Crippen molar-refractivity contribution in [2.45, 2.75) is 79.3 Å². The molecule has 2 fully saturated rings. The van der Waals surface area contributed by atoms with E-state index in [9.17, 15) is 4.79 Å². The molecule has 2 aromatic carbocycles. The Kier molecular flexibility index (Phi) is 11.1. The summed E-state index contributed by atoms with van der Waals surface area (Å²) in [5.74, 6) is 4.18. The minimum absolute atomic E-state index is 0.105. The highest BCUT2D eigenvalue weighted by molar-refractivity contribution is 6.16. The van der Waals surface area contributed by atoms with Crippen LogP contribution in [0.15, 0.2) is 47.5 Å². The van der Waals surface area contributed by atoms with Gasteiger partial charge in [0.15, 0.2) is 28.8 Å². The summed E-state index contributed by atoms with van der Waals surface area (Å²) >= 11 is 0.